The molecule has 0 N–H and O–H groups in total. The van der Waals surface area contributed by atoms with Crippen LogP contribution in [0.1, 0.15) is 5.76 Å². The summed E-state index contributed by atoms with van der Waals surface area (Å²) in [4.78, 5) is 14.2. The molecule has 1 fully saturated rings. The van der Waals surface area contributed by atoms with Crippen molar-refractivity contribution in [2.45, 2.75) is 4.90 Å². The SMILES string of the molecule is COc1cc(S(=O)(=O)N2CCOCC2)ccc1N=Cc1ccc([N+](=O)[O-])o1. The Balaban J connectivity index is 1.85. The van der Waals surface area contributed by atoms with Gasteiger partial charge < -0.3 is 13.9 Å². The number of aliphatic imine (C=N–C) groups is 1. The number of benzene rings is 1. The van der Waals surface area contributed by atoms with Crippen LogP contribution < -0.4 is 4.74 Å². The van der Waals surface area contributed by atoms with E-state index < -0.39 is 20.8 Å². The van der Waals surface area contributed by atoms with Crippen LogP contribution in [0.2, 0.25) is 0 Å². The van der Waals surface area contributed by atoms with Crippen molar-refractivity contribution < 1.29 is 27.2 Å². The number of methoxy groups -OCH3 is 1. The monoisotopic (exact) mass is 395 g/mol. The third-order valence-electron chi connectivity index (χ3n) is 3.88. The van der Waals surface area contributed by atoms with Crippen LogP contribution in [0.3, 0.4) is 0 Å². The molecule has 1 aromatic heterocycles. The molecule has 144 valence electrons. The van der Waals surface area contributed by atoms with Gasteiger partial charge in [-0.15, -0.1) is 0 Å². The number of nitro groups is 1. The largest absolute Gasteiger partial charge is 0.494 e. The second-order valence-corrected chi connectivity index (χ2v) is 7.48. The highest BCUT2D eigenvalue weighted by Crippen LogP contribution is 2.31. The second kappa shape index (κ2) is 7.86. The minimum Gasteiger partial charge on any atom is -0.494 e. The van der Waals surface area contributed by atoms with E-state index in [4.69, 9.17) is 13.9 Å². The van der Waals surface area contributed by atoms with E-state index in [1.165, 1.54) is 48.0 Å². The fourth-order valence-corrected chi connectivity index (χ4v) is 3.93. The lowest BCUT2D eigenvalue weighted by atomic mass is 10.3. The van der Waals surface area contributed by atoms with Crippen molar-refractivity contribution in [3.63, 3.8) is 0 Å². The average molecular weight is 395 g/mol. The second-order valence-electron chi connectivity index (χ2n) is 5.54. The lowest BCUT2D eigenvalue weighted by Crippen LogP contribution is -2.40. The summed E-state index contributed by atoms with van der Waals surface area (Å²) in [5, 5.41) is 10.6. The van der Waals surface area contributed by atoms with Crippen molar-refractivity contribution >= 4 is 27.8 Å². The van der Waals surface area contributed by atoms with Gasteiger partial charge in [-0.05, 0) is 18.2 Å². The van der Waals surface area contributed by atoms with Crippen LogP contribution in [0.25, 0.3) is 0 Å². The van der Waals surface area contributed by atoms with E-state index >= 15 is 0 Å². The summed E-state index contributed by atoms with van der Waals surface area (Å²) in [6.07, 6.45) is 1.29. The average Bonchev–Trinajstić information content (AvgIpc) is 3.16. The van der Waals surface area contributed by atoms with Crippen molar-refractivity contribution in [2.24, 2.45) is 4.99 Å². The predicted octanol–water partition coefficient (Wildman–Crippen LogP) is 1.97. The van der Waals surface area contributed by atoms with Crippen molar-refractivity contribution in [3.05, 3.63) is 46.2 Å². The van der Waals surface area contributed by atoms with Crippen LogP contribution in [-0.4, -0.2) is 57.3 Å². The zero-order valence-electron chi connectivity index (χ0n) is 14.4. The summed E-state index contributed by atoms with van der Waals surface area (Å²) < 4.78 is 42.2. The molecule has 0 atom stereocenters. The van der Waals surface area contributed by atoms with Crippen LogP contribution in [0.4, 0.5) is 11.6 Å². The van der Waals surface area contributed by atoms with Crippen molar-refractivity contribution in [2.75, 3.05) is 33.4 Å². The molecule has 2 aromatic rings. The van der Waals surface area contributed by atoms with Crippen molar-refractivity contribution in [1.82, 2.24) is 4.31 Å². The van der Waals surface area contributed by atoms with Gasteiger partial charge in [0.1, 0.15) is 16.4 Å². The van der Waals surface area contributed by atoms with Crippen LogP contribution in [0, 0.1) is 10.1 Å². The van der Waals surface area contributed by atoms with Gasteiger partial charge in [0.2, 0.25) is 10.0 Å². The van der Waals surface area contributed by atoms with Crippen LogP contribution in [0.15, 0.2) is 44.6 Å². The van der Waals surface area contributed by atoms with Gasteiger partial charge in [-0.25, -0.2) is 13.4 Å². The highest BCUT2D eigenvalue weighted by atomic mass is 32.2. The van der Waals surface area contributed by atoms with E-state index in [2.05, 4.69) is 4.99 Å². The standard InChI is InChI=1S/C16H17N3O7S/c1-24-15-10-13(27(22,23)18-6-8-25-9-7-18)3-4-14(15)17-11-12-2-5-16(26-12)19(20)21/h2-5,10-11H,6-9H2,1H3. The van der Waals surface area contributed by atoms with Gasteiger partial charge in [0.05, 0.1) is 37.5 Å². The van der Waals surface area contributed by atoms with E-state index in [0.29, 0.717) is 32.0 Å². The molecule has 1 aromatic carbocycles. The summed E-state index contributed by atoms with van der Waals surface area (Å²) in [7, 11) is -2.26. The van der Waals surface area contributed by atoms with Crippen molar-refractivity contribution in [1.29, 1.82) is 0 Å². The fourth-order valence-electron chi connectivity index (χ4n) is 2.50. The predicted molar refractivity (Wildman–Crippen MR) is 95.2 cm³/mol. The van der Waals surface area contributed by atoms with Crippen LogP contribution in [0.5, 0.6) is 5.75 Å². The first-order chi connectivity index (χ1) is 12.9. The maximum atomic E-state index is 12.7. The molecule has 0 amide bonds. The first-order valence-electron chi connectivity index (χ1n) is 7.96. The molecule has 0 spiro atoms. The van der Waals surface area contributed by atoms with E-state index in [0.717, 1.165) is 0 Å². The molecule has 0 bridgehead atoms. The Labute approximate surface area is 155 Å². The normalized spacial score (nSPS) is 15.9. The first kappa shape index (κ1) is 19.0. The van der Waals surface area contributed by atoms with Gasteiger partial charge in [-0.3, -0.25) is 10.1 Å². The fraction of sp³-hybridized carbons (Fsp3) is 0.312. The Kier molecular flexibility index (Phi) is 5.54. The van der Waals surface area contributed by atoms with E-state index in [9.17, 15) is 18.5 Å². The molecule has 1 aliphatic heterocycles. The van der Waals surface area contributed by atoms with Gasteiger partial charge in [-0.1, -0.05) is 0 Å². The maximum absolute atomic E-state index is 12.7. The topological polar surface area (TPSA) is 124 Å². The number of furan rings is 1. The van der Waals surface area contributed by atoms with E-state index in [1.807, 2.05) is 0 Å². The molecule has 0 saturated carbocycles. The Bertz CT molecular complexity index is 962. The quantitative estimate of drug-likeness (QED) is 0.416. The molecular formula is C16H17N3O7S. The van der Waals surface area contributed by atoms with Crippen molar-refractivity contribution in [3.8, 4) is 5.75 Å². The maximum Gasteiger partial charge on any atom is 0.433 e. The van der Waals surface area contributed by atoms with Gasteiger partial charge >= 0.3 is 5.88 Å². The zero-order chi connectivity index (χ0) is 19.4. The Morgan fingerprint density at radius 1 is 1.26 bits per heavy atom. The summed E-state index contributed by atoms with van der Waals surface area (Å²) in [6.45, 7) is 1.30. The van der Waals surface area contributed by atoms with Gasteiger partial charge in [-0.2, -0.15) is 4.31 Å². The highest BCUT2D eigenvalue weighted by Gasteiger charge is 2.27. The summed E-state index contributed by atoms with van der Waals surface area (Å²) >= 11 is 0. The Morgan fingerprint density at radius 3 is 2.63 bits per heavy atom. The molecule has 0 radical (unpaired) electrons. The number of nitrogens with zero attached hydrogens (tertiary/aromatic N) is 3. The number of morpholine rings is 1. The molecule has 27 heavy (non-hydrogen) atoms. The summed E-state index contributed by atoms with van der Waals surface area (Å²) in [5.41, 5.74) is 0.359. The summed E-state index contributed by atoms with van der Waals surface area (Å²) in [5.74, 6) is 0.0470. The molecule has 0 unspecified atom stereocenters. The molecule has 2 heterocycles. The number of sulfonamides is 1. The molecule has 10 nitrogen and oxygen atoms in total. The number of hydrogen-bond donors (Lipinski definition) is 0. The van der Waals surface area contributed by atoms with Crippen LogP contribution >= 0.6 is 0 Å². The number of rotatable bonds is 6. The van der Waals surface area contributed by atoms with Gasteiger partial charge in [0, 0.05) is 19.2 Å². The van der Waals surface area contributed by atoms with E-state index in [-0.39, 0.29) is 16.4 Å². The Hall–Kier alpha value is -2.76. The lowest BCUT2D eigenvalue weighted by molar-refractivity contribution is -0.402. The lowest BCUT2D eigenvalue weighted by Gasteiger charge is -2.26. The molecule has 1 aliphatic rings. The molecular weight excluding hydrogens is 378 g/mol. The smallest absolute Gasteiger partial charge is 0.433 e. The molecule has 0 aliphatic carbocycles. The number of hydrogen-bond acceptors (Lipinski definition) is 8. The molecule has 3 rings (SSSR count). The summed E-state index contributed by atoms with van der Waals surface area (Å²) in [6, 6.07) is 6.95. The Morgan fingerprint density at radius 2 is 2.00 bits per heavy atom. The molecule has 1 saturated heterocycles. The third-order valence-corrected chi connectivity index (χ3v) is 5.78. The first-order valence-corrected chi connectivity index (χ1v) is 9.40. The number of ether oxygens (including phenoxy) is 2. The zero-order valence-corrected chi connectivity index (χ0v) is 15.2. The van der Waals surface area contributed by atoms with E-state index in [1.54, 1.807) is 0 Å². The minimum atomic E-state index is -3.66. The van der Waals surface area contributed by atoms with Gasteiger partial charge in [0.15, 0.2) is 5.76 Å². The third kappa shape index (κ3) is 4.15. The van der Waals surface area contributed by atoms with Gasteiger partial charge in [0.25, 0.3) is 0 Å². The minimum absolute atomic E-state index is 0.0915. The highest BCUT2D eigenvalue weighted by molar-refractivity contribution is 7.89. The van der Waals surface area contributed by atoms with Crippen LogP contribution in [-0.2, 0) is 14.8 Å². The molecule has 11 heteroatoms.